The maximum Gasteiger partial charge on any atom is 0.272 e. The monoisotopic (exact) mass is 393 g/mol. The quantitative estimate of drug-likeness (QED) is 0.709. The highest BCUT2D eigenvalue weighted by Gasteiger charge is 2.36. The van der Waals surface area contributed by atoms with Crippen molar-refractivity contribution < 1.29 is 9.53 Å². The number of methoxy groups -OCH3 is 1. The summed E-state index contributed by atoms with van der Waals surface area (Å²) in [7, 11) is 1.64. The number of aromatic nitrogens is 4. The number of ether oxygens (including phenoxy) is 1. The zero-order valence-electron chi connectivity index (χ0n) is 16.6. The van der Waals surface area contributed by atoms with Gasteiger partial charge in [-0.25, -0.2) is 9.78 Å². The zero-order valence-corrected chi connectivity index (χ0v) is 16.6. The highest BCUT2D eigenvalue weighted by atomic mass is 16.5. The molecule has 4 rings (SSSR count). The van der Waals surface area contributed by atoms with Crippen LogP contribution in [0.2, 0.25) is 0 Å². The van der Waals surface area contributed by atoms with Gasteiger partial charge >= 0.3 is 0 Å². The average molecular weight is 393 g/mol. The van der Waals surface area contributed by atoms with Crippen LogP contribution in [0.4, 0.5) is 0 Å². The third-order valence-corrected chi connectivity index (χ3v) is 5.21. The first kappa shape index (κ1) is 18.9. The van der Waals surface area contributed by atoms with Crippen LogP contribution in [0.15, 0.2) is 47.4 Å². The summed E-state index contributed by atoms with van der Waals surface area (Å²) >= 11 is 0. The lowest BCUT2D eigenvalue weighted by atomic mass is 9.74. The number of hydrogen-bond acceptors (Lipinski definition) is 5. The van der Waals surface area contributed by atoms with Crippen LogP contribution in [-0.4, -0.2) is 33.0 Å². The van der Waals surface area contributed by atoms with E-state index in [1.165, 1.54) is 12.1 Å². The molecule has 2 heterocycles. The molecule has 1 aliphatic carbocycles. The molecular weight excluding hydrogens is 370 g/mol. The molecule has 0 aliphatic heterocycles. The molecule has 8 nitrogen and oxygen atoms in total. The highest BCUT2D eigenvalue weighted by Crippen LogP contribution is 2.41. The maximum atomic E-state index is 12.7. The second-order valence-electron chi connectivity index (χ2n) is 8.03. The first-order valence-corrected chi connectivity index (χ1v) is 9.44. The van der Waals surface area contributed by atoms with Gasteiger partial charge < -0.3 is 10.1 Å². The third-order valence-electron chi connectivity index (χ3n) is 5.21. The fourth-order valence-electron chi connectivity index (χ4n) is 3.82. The normalized spacial score (nSPS) is 17.4. The Bertz CT molecular complexity index is 1080. The molecule has 150 valence electrons. The molecule has 1 amide bonds. The lowest BCUT2D eigenvalue weighted by Gasteiger charge is -2.35. The number of carbonyl (C=O) groups excluding carboxylic acids is 1. The van der Waals surface area contributed by atoms with Crippen LogP contribution < -0.4 is 15.6 Å². The van der Waals surface area contributed by atoms with E-state index in [2.05, 4.69) is 34.5 Å². The summed E-state index contributed by atoms with van der Waals surface area (Å²) in [6, 6.07) is 10.2. The van der Waals surface area contributed by atoms with E-state index >= 15 is 0 Å². The molecule has 1 aromatic carbocycles. The number of benzene rings is 1. The van der Waals surface area contributed by atoms with E-state index in [1.807, 2.05) is 35.1 Å². The molecule has 2 N–H and O–H groups in total. The van der Waals surface area contributed by atoms with Gasteiger partial charge in [-0.2, -0.15) is 10.2 Å². The molecule has 3 aromatic rings. The van der Waals surface area contributed by atoms with Gasteiger partial charge in [0.1, 0.15) is 11.4 Å². The van der Waals surface area contributed by atoms with Gasteiger partial charge in [-0.3, -0.25) is 9.59 Å². The van der Waals surface area contributed by atoms with Crippen LogP contribution in [0.1, 0.15) is 48.1 Å². The van der Waals surface area contributed by atoms with E-state index in [-0.39, 0.29) is 28.6 Å². The SMILES string of the molecule is COc1ccc(-n2ncc3c2CC(C)(C)C[C@@H]3NC(=O)c2ccc(=O)[nH]n2)cc1. The van der Waals surface area contributed by atoms with Gasteiger partial charge in [-0.1, -0.05) is 13.8 Å². The highest BCUT2D eigenvalue weighted by molar-refractivity contribution is 5.92. The van der Waals surface area contributed by atoms with E-state index in [1.54, 1.807) is 7.11 Å². The Morgan fingerprint density at radius 1 is 1.24 bits per heavy atom. The Labute approximate surface area is 167 Å². The van der Waals surface area contributed by atoms with Crippen molar-refractivity contribution in [2.24, 2.45) is 5.41 Å². The number of rotatable bonds is 4. The molecule has 0 spiro atoms. The molecule has 2 aromatic heterocycles. The van der Waals surface area contributed by atoms with Crippen LogP contribution in [0.25, 0.3) is 5.69 Å². The Morgan fingerprint density at radius 3 is 2.66 bits per heavy atom. The van der Waals surface area contributed by atoms with Gasteiger partial charge in [0.2, 0.25) is 0 Å². The molecule has 1 aliphatic rings. The summed E-state index contributed by atoms with van der Waals surface area (Å²) in [6.07, 6.45) is 3.45. The number of aromatic amines is 1. The number of amides is 1. The standard InChI is InChI=1S/C21H23N5O3/c1-21(2)10-17(23-20(28)16-8-9-19(27)25-24-16)15-12-22-26(18(15)11-21)13-4-6-14(29-3)7-5-13/h4-9,12,17H,10-11H2,1-3H3,(H,23,28)(H,25,27)/t17-/m0/s1. The summed E-state index contributed by atoms with van der Waals surface area (Å²) < 4.78 is 7.16. The van der Waals surface area contributed by atoms with Crippen molar-refractivity contribution >= 4 is 5.91 Å². The molecule has 0 unspecified atom stereocenters. The molecule has 0 saturated heterocycles. The number of fused-ring (bicyclic) bond motifs is 1. The van der Waals surface area contributed by atoms with Crippen LogP contribution in [0.5, 0.6) is 5.75 Å². The van der Waals surface area contributed by atoms with E-state index in [0.29, 0.717) is 0 Å². The third kappa shape index (κ3) is 3.78. The summed E-state index contributed by atoms with van der Waals surface area (Å²) in [5.74, 6) is 0.459. The number of nitrogens with zero attached hydrogens (tertiary/aromatic N) is 3. The summed E-state index contributed by atoms with van der Waals surface area (Å²) in [4.78, 5) is 23.8. The largest absolute Gasteiger partial charge is 0.497 e. The molecule has 0 radical (unpaired) electrons. The number of H-pyrrole nitrogens is 1. The summed E-state index contributed by atoms with van der Waals surface area (Å²) in [5, 5.41) is 13.8. The maximum absolute atomic E-state index is 12.7. The summed E-state index contributed by atoms with van der Waals surface area (Å²) in [6.45, 7) is 4.36. The molecule has 0 bridgehead atoms. The zero-order chi connectivity index (χ0) is 20.6. The number of carbonyl (C=O) groups is 1. The van der Waals surface area contributed by atoms with Crippen molar-refractivity contribution in [3.63, 3.8) is 0 Å². The van der Waals surface area contributed by atoms with Gasteiger partial charge in [0.25, 0.3) is 11.5 Å². The topological polar surface area (TPSA) is 102 Å². The van der Waals surface area contributed by atoms with Crippen LogP contribution >= 0.6 is 0 Å². The van der Waals surface area contributed by atoms with E-state index in [0.717, 1.165) is 35.5 Å². The van der Waals surface area contributed by atoms with Gasteiger partial charge in [-0.15, -0.1) is 0 Å². The lowest BCUT2D eigenvalue weighted by molar-refractivity contribution is 0.0913. The summed E-state index contributed by atoms with van der Waals surface area (Å²) in [5.41, 5.74) is 2.83. The van der Waals surface area contributed by atoms with Crippen LogP contribution in [-0.2, 0) is 6.42 Å². The predicted octanol–water partition coefficient (Wildman–Crippen LogP) is 2.41. The lowest BCUT2D eigenvalue weighted by Crippen LogP contribution is -2.37. The first-order chi connectivity index (χ1) is 13.9. The van der Waals surface area contributed by atoms with Crippen molar-refractivity contribution in [1.29, 1.82) is 0 Å². The molecule has 29 heavy (non-hydrogen) atoms. The Balaban J connectivity index is 1.66. The second-order valence-corrected chi connectivity index (χ2v) is 8.03. The first-order valence-electron chi connectivity index (χ1n) is 9.44. The van der Waals surface area contributed by atoms with Crippen molar-refractivity contribution in [2.75, 3.05) is 7.11 Å². The minimum atomic E-state index is -0.344. The van der Waals surface area contributed by atoms with E-state index in [9.17, 15) is 9.59 Å². The van der Waals surface area contributed by atoms with Gasteiger partial charge in [-0.05, 0) is 48.6 Å². The van der Waals surface area contributed by atoms with Gasteiger partial charge in [0.15, 0.2) is 0 Å². The number of hydrogen-bond donors (Lipinski definition) is 2. The molecule has 8 heteroatoms. The minimum Gasteiger partial charge on any atom is -0.497 e. The molecule has 0 saturated carbocycles. The number of nitrogens with one attached hydrogen (secondary N) is 2. The van der Waals surface area contributed by atoms with Crippen molar-refractivity contribution in [1.82, 2.24) is 25.3 Å². The second kappa shape index (κ2) is 7.20. The van der Waals surface area contributed by atoms with Gasteiger partial charge in [0.05, 0.1) is 30.7 Å². The average Bonchev–Trinajstić information content (AvgIpc) is 3.11. The molecular formula is C21H23N5O3. The van der Waals surface area contributed by atoms with Crippen molar-refractivity contribution in [3.05, 3.63) is 69.9 Å². The van der Waals surface area contributed by atoms with E-state index < -0.39 is 0 Å². The fraction of sp³-hybridized carbons (Fsp3) is 0.333. The van der Waals surface area contributed by atoms with Crippen molar-refractivity contribution in [2.45, 2.75) is 32.7 Å². The predicted molar refractivity (Wildman–Crippen MR) is 107 cm³/mol. The molecule has 1 atom stereocenters. The van der Waals surface area contributed by atoms with E-state index in [4.69, 9.17) is 4.74 Å². The van der Waals surface area contributed by atoms with Crippen LogP contribution in [0.3, 0.4) is 0 Å². The smallest absolute Gasteiger partial charge is 0.272 e. The van der Waals surface area contributed by atoms with Crippen LogP contribution in [0, 0.1) is 5.41 Å². The van der Waals surface area contributed by atoms with Gasteiger partial charge in [0, 0.05) is 11.6 Å². The van der Waals surface area contributed by atoms with Crippen molar-refractivity contribution in [3.8, 4) is 11.4 Å². The Morgan fingerprint density at radius 2 is 2.00 bits per heavy atom. The molecule has 0 fully saturated rings. The fourth-order valence-corrected chi connectivity index (χ4v) is 3.82. The Hall–Kier alpha value is -3.42. The minimum absolute atomic E-state index is 0.0202. The Kier molecular flexibility index (Phi) is 4.70.